The van der Waals surface area contributed by atoms with Gasteiger partial charge in [0.2, 0.25) is 0 Å². The van der Waals surface area contributed by atoms with Crippen molar-refractivity contribution < 1.29 is 50.3 Å². The second-order valence-electron chi connectivity index (χ2n) is 13.5. The Balaban J connectivity index is 1.00. The predicted molar refractivity (Wildman–Crippen MR) is 124 cm³/mol. The van der Waals surface area contributed by atoms with Crippen LogP contribution >= 0.6 is 0 Å². The van der Waals surface area contributed by atoms with Crippen molar-refractivity contribution in [2.24, 2.45) is 40.9 Å². The Labute approximate surface area is 220 Å². The molecule has 9 fully saturated rings. The molecule has 3 unspecified atom stereocenters. The molecule has 0 aromatic rings. The van der Waals surface area contributed by atoms with Crippen LogP contribution in [0.2, 0.25) is 0 Å². The Hall–Kier alpha value is -1.37. The maximum atomic E-state index is 13.9. The fourth-order valence-corrected chi connectivity index (χ4v) is 10.3. The minimum atomic E-state index is -5.94. The van der Waals surface area contributed by atoms with Crippen LogP contribution in [0.25, 0.3) is 0 Å². The summed E-state index contributed by atoms with van der Waals surface area (Å²) in [5, 5.41) is -5.03. The second kappa shape index (κ2) is 8.10. The first kappa shape index (κ1) is 25.6. The van der Waals surface area contributed by atoms with E-state index in [1.54, 1.807) is 0 Å². The number of carbonyl (C=O) groups excluding carboxylic acids is 2. The molecule has 0 radical (unpaired) electrons. The average molecular weight is 561 g/mol. The van der Waals surface area contributed by atoms with Crippen LogP contribution in [0, 0.1) is 40.9 Å². The van der Waals surface area contributed by atoms with Crippen LogP contribution in [0.4, 0.5) is 8.78 Å². The van der Waals surface area contributed by atoms with Gasteiger partial charge in [-0.15, -0.1) is 0 Å². The monoisotopic (exact) mass is 560 g/mol. The Morgan fingerprint density at radius 3 is 2.00 bits per heavy atom. The molecule has 38 heavy (non-hydrogen) atoms. The average Bonchev–Trinajstić information content (AvgIpc) is 3.24. The van der Waals surface area contributed by atoms with Gasteiger partial charge in [0, 0.05) is 11.8 Å². The number of esters is 2. The van der Waals surface area contributed by atoms with Crippen LogP contribution in [0.5, 0.6) is 0 Å². The number of hydrogen-bond donors (Lipinski definition) is 1. The van der Waals surface area contributed by atoms with Crippen LogP contribution in [-0.4, -0.2) is 60.9 Å². The van der Waals surface area contributed by atoms with Gasteiger partial charge >= 0.3 is 27.3 Å². The molecule has 9 nitrogen and oxygen atoms in total. The molecule has 1 spiro atoms. The molecule has 8 aliphatic carbocycles. The largest absolute Gasteiger partial charge is 0.465 e. The maximum absolute atomic E-state index is 13.9. The van der Waals surface area contributed by atoms with Crippen molar-refractivity contribution in [2.75, 3.05) is 13.2 Å². The molecule has 9 aliphatic rings. The number of rotatable bonds is 6. The van der Waals surface area contributed by atoms with Crippen molar-refractivity contribution in [3.63, 3.8) is 0 Å². The molecule has 12 heteroatoms. The lowest BCUT2D eigenvalue weighted by Crippen LogP contribution is -2.65. The van der Waals surface area contributed by atoms with Crippen molar-refractivity contribution in [1.82, 2.24) is 0 Å². The summed E-state index contributed by atoms with van der Waals surface area (Å²) in [6.45, 7) is 0.353. The van der Waals surface area contributed by atoms with Gasteiger partial charge in [-0.2, -0.15) is 17.2 Å². The highest BCUT2D eigenvalue weighted by atomic mass is 32.2. The Morgan fingerprint density at radius 2 is 1.45 bits per heavy atom. The first-order valence-electron chi connectivity index (χ1n) is 13.9. The zero-order chi connectivity index (χ0) is 26.7. The normalized spacial score (nSPS) is 48.6. The summed E-state index contributed by atoms with van der Waals surface area (Å²) in [6, 6.07) is 0. The van der Waals surface area contributed by atoms with Crippen LogP contribution in [0.3, 0.4) is 0 Å². The van der Waals surface area contributed by atoms with Gasteiger partial charge in [0.15, 0.2) is 5.79 Å². The first-order valence-corrected chi connectivity index (χ1v) is 15.3. The molecule has 0 amide bonds. The molecule has 1 heterocycles. The fourth-order valence-electron chi connectivity index (χ4n) is 10.1. The van der Waals surface area contributed by atoms with E-state index in [4.69, 9.17) is 23.5 Å². The third-order valence-corrected chi connectivity index (χ3v) is 11.7. The molecule has 9 rings (SSSR count). The van der Waals surface area contributed by atoms with E-state index >= 15 is 0 Å². The molecule has 1 aliphatic heterocycles. The standard InChI is InChI=1S/C26H34F2O9S/c27-26(28,38(31,32)33)22(30)37-24-9-17-4-18(10-24)25(19(5-17)11-24)35-13-20(36-25)12-34-21(29)23-6-14-1-15(7-23)3-16(2-14)8-23/h14-20H,1-13H2,(H,31,32,33). The molecule has 0 aromatic carbocycles. The van der Waals surface area contributed by atoms with E-state index in [9.17, 15) is 26.8 Å². The van der Waals surface area contributed by atoms with Crippen LogP contribution in [0.1, 0.15) is 70.6 Å². The molecule has 0 aromatic heterocycles. The summed E-state index contributed by atoms with van der Waals surface area (Å²) in [4.78, 5) is 25.4. The Kier molecular flexibility index (Phi) is 5.45. The fraction of sp³-hybridized carbons (Fsp3) is 0.923. The van der Waals surface area contributed by atoms with Crippen molar-refractivity contribution in [3.8, 4) is 0 Å². The third-order valence-electron chi connectivity index (χ3n) is 10.9. The lowest BCUT2D eigenvalue weighted by atomic mass is 9.49. The van der Waals surface area contributed by atoms with E-state index in [0.29, 0.717) is 37.0 Å². The van der Waals surface area contributed by atoms with E-state index in [1.807, 2.05) is 0 Å². The van der Waals surface area contributed by atoms with Gasteiger partial charge in [0.1, 0.15) is 18.3 Å². The zero-order valence-electron chi connectivity index (χ0n) is 21.1. The van der Waals surface area contributed by atoms with E-state index in [0.717, 1.165) is 19.3 Å². The summed E-state index contributed by atoms with van der Waals surface area (Å²) in [6.07, 6.45) is 8.23. The number of ether oxygens (including phenoxy) is 4. The number of carbonyl (C=O) groups is 2. The first-order chi connectivity index (χ1) is 17.8. The molecule has 8 bridgehead atoms. The summed E-state index contributed by atoms with van der Waals surface area (Å²) >= 11 is 0. The van der Waals surface area contributed by atoms with E-state index in [1.165, 1.54) is 19.3 Å². The van der Waals surface area contributed by atoms with Crippen molar-refractivity contribution in [1.29, 1.82) is 0 Å². The molecule has 3 atom stereocenters. The van der Waals surface area contributed by atoms with Gasteiger partial charge in [0.05, 0.1) is 12.0 Å². The molecule has 8 saturated carbocycles. The van der Waals surface area contributed by atoms with Crippen molar-refractivity contribution >= 4 is 22.1 Å². The van der Waals surface area contributed by atoms with E-state index < -0.39 is 38.8 Å². The predicted octanol–water partition coefficient (Wildman–Crippen LogP) is 3.46. The quantitative estimate of drug-likeness (QED) is 0.384. The van der Waals surface area contributed by atoms with Gasteiger partial charge in [-0.05, 0) is 94.3 Å². The van der Waals surface area contributed by atoms with Crippen molar-refractivity contribution in [2.45, 2.75) is 93.4 Å². The van der Waals surface area contributed by atoms with Gasteiger partial charge in [-0.1, -0.05) is 0 Å². The topological polar surface area (TPSA) is 125 Å². The van der Waals surface area contributed by atoms with Gasteiger partial charge in [0.25, 0.3) is 0 Å². The highest BCUT2D eigenvalue weighted by Crippen LogP contribution is 2.64. The van der Waals surface area contributed by atoms with Crippen LogP contribution in [-0.2, 0) is 38.7 Å². The summed E-state index contributed by atoms with van der Waals surface area (Å²) in [5.74, 6) is -1.79. The maximum Gasteiger partial charge on any atom is 0.465 e. The highest BCUT2D eigenvalue weighted by Gasteiger charge is 2.69. The molecule has 1 N–H and O–H groups in total. The second-order valence-corrected chi connectivity index (χ2v) is 14.9. The summed E-state index contributed by atoms with van der Waals surface area (Å²) < 4.78 is 82.5. The Morgan fingerprint density at radius 1 is 0.895 bits per heavy atom. The van der Waals surface area contributed by atoms with Crippen LogP contribution in [0.15, 0.2) is 0 Å². The number of alkyl halides is 2. The molecule has 212 valence electrons. The zero-order valence-corrected chi connectivity index (χ0v) is 21.9. The van der Waals surface area contributed by atoms with E-state index in [2.05, 4.69) is 0 Å². The van der Waals surface area contributed by atoms with Crippen molar-refractivity contribution in [3.05, 3.63) is 0 Å². The smallest absolute Gasteiger partial charge is 0.462 e. The van der Waals surface area contributed by atoms with E-state index in [-0.39, 0.29) is 55.2 Å². The highest BCUT2D eigenvalue weighted by molar-refractivity contribution is 7.87. The molecular weight excluding hydrogens is 526 g/mol. The number of hydrogen-bond acceptors (Lipinski definition) is 8. The lowest BCUT2D eigenvalue weighted by Gasteiger charge is -2.62. The summed E-state index contributed by atoms with van der Waals surface area (Å²) in [5.41, 5.74) is -1.60. The minimum Gasteiger partial charge on any atom is -0.462 e. The minimum absolute atomic E-state index is 0.102. The van der Waals surface area contributed by atoms with Gasteiger partial charge in [-0.3, -0.25) is 9.35 Å². The van der Waals surface area contributed by atoms with Crippen LogP contribution < -0.4 is 0 Å². The number of halogens is 2. The third kappa shape index (κ3) is 3.72. The molecular formula is C26H34F2O9S. The molecule has 1 saturated heterocycles. The Bertz CT molecular complexity index is 1100. The lowest BCUT2D eigenvalue weighted by molar-refractivity contribution is -0.321. The van der Waals surface area contributed by atoms with Gasteiger partial charge < -0.3 is 18.9 Å². The summed E-state index contributed by atoms with van der Waals surface area (Å²) in [7, 11) is -5.94. The SMILES string of the molecule is O=C(OCC1COC2(O1)C1CC3CC2CC(OC(=O)C(F)(F)S(=O)(=O)O)(C3)C1)C12CC3CC(CC(C3)C1)C2. The van der Waals surface area contributed by atoms with Gasteiger partial charge in [-0.25, -0.2) is 4.79 Å².